The van der Waals surface area contributed by atoms with E-state index in [4.69, 9.17) is 19.0 Å². The normalized spacial score (nSPS) is 22.2. The van der Waals surface area contributed by atoms with Crippen molar-refractivity contribution in [2.75, 3.05) is 19.8 Å². The van der Waals surface area contributed by atoms with Crippen molar-refractivity contribution >= 4 is 0 Å². The van der Waals surface area contributed by atoms with E-state index in [9.17, 15) is 0 Å². The van der Waals surface area contributed by atoms with Crippen LogP contribution in [-0.2, 0) is 4.74 Å². The van der Waals surface area contributed by atoms with E-state index in [1.165, 1.54) is 25.7 Å². The lowest BCUT2D eigenvalue weighted by atomic mass is 10.1. The molecule has 2 aliphatic rings. The second-order valence-electron chi connectivity index (χ2n) is 7.42. The molecule has 1 aliphatic carbocycles. The van der Waals surface area contributed by atoms with Crippen LogP contribution in [0.1, 0.15) is 51.5 Å². The van der Waals surface area contributed by atoms with Crippen molar-refractivity contribution in [3.05, 3.63) is 30.2 Å². The lowest BCUT2D eigenvalue weighted by Crippen LogP contribution is -2.44. The summed E-state index contributed by atoms with van der Waals surface area (Å²) in [7, 11) is 0. The molecule has 0 amide bonds. The summed E-state index contributed by atoms with van der Waals surface area (Å²) in [5.41, 5.74) is 0.905. The molecule has 1 aliphatic heterocycles. The summed E-state index contributed by atoms with van der Waals surface area (Å²) in [5.74, 6) is 2.07. The molecular weight excluding hydrogens is 330 g/mol. The first-order valence-corrected chi connectivity index (χ1v) is 9.65. The number of aromatic nitrogens is 2. The van der Waals surface area contributed by atoms with Gasteiger partial charge in [-0.05, 0) is 38.8 Å². The Morgan fingerprint density at radius 3 is 2.88 bits per heavy atom. The van der Waals surface area contributed by atoms with Crippen LogP contribution in [0.15, 0.2) is 28.8 Å². The molecule has 0 spiro atoms. The third kappa shape index (κ3) is 3.76. The maximum absolute atomic E-state index is 5.77. The standard InChI is InChI=1S/C20H27N3O3/c1-14(2)25-17-9-5-6-15(12-17)19-21-20(26-22-19)18-13-24-11-10-23(18)16-7-3-4-8-16/h5-6,9,12,14,16,18H,3-4,7-8,10-11,13H2,1-2H3. The van der Waals surface area contributed by atoms with E-state index in [0.29, 0.717) is 24.4 Å². The fraction of sp³-hybridized carbons (Fsp3) is 0.600. The fourth-order valence-electron chi connectivity index (χ4n) is 3.97. The molecule has 1 saturated heterocycles. The van der Waals surface area contributed by atoms with E-state index in [0.717, 1.165) is 24.5 Å². The Morgan fingerprint density at radius 2 is 2.08 bits per heavy atom. The van der Waals surface area contributed by atoms with Crippen molar-refractivity contribution in [3.8, 4) is 17.1 Å². The van der Waals surface area contributed by atoms with Gasteiger partial charge in [0.25, 0.3) is 0 Å². The number of morpholine rings is 1. The number of hydrogen-bond donors (Lipinski definition) is 0. The number of benzene rings is 1. The molecule has 26 heavy (non-hydrogen) atoms. The van der Waals surface area contributed by atoms with E-state index in [1.807, 2.05) is 38.1 Å². The zero-order chi connectivity index (χ0) is 17.9. The Labute approximate surface area is 154 Å². The second-order valence-corrected chi connectivity index (χ2v) is 7.42. The number of hydrogen-bond acceptors (Lipinski definition) is 6. The van der Waals surface area contributed by atoms with Gasteiger partial charge in [-0.1, -0.05) is 30.1 Å². The van der Waals surface area contributed by atoms with Crippen LogP contribution in [0.5, 0.6) is 5.75 Å². The molecule has 1 unspecified atom stereocenters. The lowest BCUT2D eigenvalue weighted by Gasteiger charge is -2.37. The Balaban J connectivity index is 1.55. The summed E-state index contributed by atoms with van der Waals surface area (Å²) in [6, 6.07) is 8.51. The van der Waals surface area contributed by atoms with Crippen LogP contribution < -0.4 is 4.74 Å². The smallest absolute Gasteiger partial charge is 0.246 e. The van der Waals surface area contributed by atoms with Crippen LogP contribution in [0, 0.1) is 0 Å². The highest BCUT2D eigenvalue weighted by Gasteiger charge is 2.35. The second kappa shape index (κ2) is 7.76. The molecule has 140 valence electrons. The summed E-state index contributed by atoms with van der Waals surface area (Å²) in [6.07, 6.45) is 5.27. The SMILES string of the molecule is CC(C)Oc1cccc(-c2noc(C3COCCN3C3CCCC3)n2)c1. The highest BCUT2D eigenvalue weighted by molar-refractivity contribution is 5.56. The minimum absolute atomic E-state index is 0.0585. The molecule has 1 saturated carbocycles. The van der Waals surface area contributed by atoms with Gasteiger partial charge < -0.3 is 14.0 Å². The van der Waals surface area contributed by atoms with E-state index in [-0.39, 0.29) is 12.1 Å². The molecule has 6 nitrogen and oxygen atoms in total. The molecule has 0 radical (unpaired) electrons. The molecule has 0 N–H and O–H groups in total. The summed E-state index contributed by atoms with van der Waals surface area (Å²) in [4.78, 5) is 7.20. The molecule has 1 aromatic heterocycles. The first-order valence-electron chi connectivity index (χ1n) is 9.65. The van der Waals surface area contributed by atoms with Crippen molar-refractivity contribution in [2.45, 2.75) is 57.7 Å². The van der Waals surface area contributed by atoms with Gasteiger partial charge in [0.2, 0.25) is 11.7 Å². The van der Waals surface area contributed by atoms with E-state index in [1.54, 1.807) is 0 Å². The first-order chi connectivity index (χ1) is 12.7. The molecule has 4 rings (SSSR count). The average molecular weight is 357 g/mol. The summed E-state index contributed by atoms with van der Waals surface area (Å²) in [5, 5.41) is 4.22. The van der Waals surface area contributed by atoms with Gasteiger partial charge in [-0.15, -0.1) is 0 Å². The van der Waals surface area contributed by atoms with Crippen LogP contribution in [0.2, 0.25) is 0 Å². The third-order valence-electron chi connectivity index (χ3n) is 5.15. The largest absolute Gasteiger partial charge is 0.491 e. The Morgan fingerprint density at radius 1 is 1.23 bits per heavy atom. The minimum Gasteiger partial charge on any atom is -0.491 e. The highest BCUT2D eigenvalue weighted by Crippen LogP contribution is 2.33. The van der Waals surface area contributed by atoms with Crippen molar-refractivity contribution in [2.24, 2.45) is 0 Å². The lowest BCUT2D eigenvalue weighted by molar-refractivity contribution is -0.0397. The number of ether oxygens (including phenoxy) is 2. The van der Waals surface area contributed by atoms with Crippen LogP contribution in [0.4, 0.5) is 0 Å². The van der Waals surface area contributed by atoms with E-state index in [2.05, 4.69) is 10.1 Å². The molecular formula is C20H27N3O3. The van der Waals surface area contributed by atoms with Crippen LogP contribution in [-0.4, -0.2) is 46.9 Å². The molecule has 1 aromatic carbocycles. The Hall–Kier alpha value is -1.92. The van der Waals surface area contributed by atoms with E-state index >= 15 is 0 Å². The fourth-order valence-corrected chi connectivity index (χ4v) is 3.97. The molecule has 2 aromatic rings. The minimum atomic E-state index is 0.0585. The monoisotopic (exact) mass is 357 g/mol. The number of rotatable bonds is 5. The predicted octanol–water partition coefficient (Wildman–Crippen LogP) is 3.84. The van der Waals surface area contributed by atoms with Crippen molar-refractivity contribution in [3.63, 3.8) is 0 Å². The Kier molecular flexibility index (Phi) is 5.22. The van der Waals surface area contributed by atoms with E-state index < -0.39 is 0 Å². The van der Waals surface area contributed by atoms with Crippen LogP contribution in [0.25, 0.3) is 11.4 Å². The summed E-state index contributed by atoms with van der Waals surface area (Å²) >= 11 is 0. The summed E-state index contributed by atoms with van der Waals surface area (Å²) in [6.45, 7) is 6.36. The van der Waals surface area contributed by atoms with Crippen molar-refractivity contribution < 1.29 is 14.0 Å². The first kappa shape index (κ1) is 17.5. The average Bonchev–Trinajstić information content (AvgIpc) is 3.33. The molecule has 2 fully saturated rings. The van der Waals surface area contributed by atoms with Gasteiger partial charge in [0.1, 0.15) is 11.8 Å². The van der Waals surface area contributed by atoms with Crippen molar-refractivity contribution in [1.29, 1.82) is 0 Å². The number of nitrogens with zero attached hydrogens (tertiary/aromatic N) is 3. The highest BCUT2D eigenvalue weighted by atomic mass is 16.5. The maximum Gasteiger partial charge on any atom is 0.246 e. The molecule has 2 heterocycles. The molecule has 6 heteroatoms. The maximum atomic E-state index is 5.77. The quantitative estimate of drug-likeness (QED) is 0.810. The van der Waals surface area contributed by atoms with Crippen molar-refractivity contribution in [1.82, 2.24) is 15.0 Å². The van der Waals surface area contributed by atoms with Gasteiger partial charge in [-0.2, -0.15) is 4.98 Å². The van der Waals surface area contributed by atoms with Gasteiger partial charge in [0, 0.05) is 18.2 Å². The Bertz CT molecular complexity index is 725. The molecule has 1 atom stereocenters. The van der Waals surface area contributed by atoms with Gasteiger partial charge in [0.05, 0.1) is 19.3 Å². The van der Waals surface area contributed by atoms with Crippen LogP contribution in [0.3, 0.4) is 0 Å². The van der Waals surface area contributed by atoms with Gasteiger partial charge in [0.15, 0.2) is 0 Å². The predicted molar refractivity (Wildman–Crippen MR) is 98.0 cm³/mol. The van der Waals surface area contributed by atoms with Gasteiger partial charge in [-0.3, -0.25) is 4.90 Å². The topological polar surface area (TPSA) is 60.6 Å². The zero-order valence-corrected chi connectivity index (χ0v) is 15.6. The third-order valence-corrected chi connectivity index (χ3v) is 5.15. The van der Waals surface area contributed by atoms with Crippen LogP contribution >= 0.6 is 0 Å². The zero-order valence-electron chi connectivity index (χ0n) is 15.6. The van der Waals surface area contributed by atoms with Gasteiger partial charge in [-0.25, -0.2) is 0 Å². The molecule has 0 bridgehead atoms. The van der Waals surface area contributed by atoms with Gasteiger partial charge >= 0.3 is 0 Å². The summed E-state index contributed by atoms with van der Waals surface area (Å²) < 4.78 is 17.1.